The number of benzene rings is 2. The summed E-state index contributed by atoms with van der Waals surface area (Å²) >= 11 is 1.14. The van der Waals surface area contributed by atoms with Crippen LogP contribution in [0.4, 0.5) is 13.2 Å². The van der Waals surface area contributed by atoms with Gasteiger partial charge in [-0.2, -0.15) is 26.7 Å². The van der Waals surface area contributed by atoms with Crippen molar-refractivity contribution in [2.24, 2.45) is 5.14 Å². The summed E-state index contributed by atoms with van der Waals surface area (Å²) in [6, 6.07) is 10.7. The van der Waals surface area contributed by atoms with Crippen LogP contribution in [0.2, 0.25) is 0 Å². The molecule has 0 saturated heterocycles. The first-order chi connectivity index (χ1) is 16.1. The van der Waals surface area contributed by atoms with Gasteiger partial charge in [0, 0.05) is 10.9 Å². The number of hydrogen-bond donors (Lipinski definition) is 1. The Morgan fingerprint density at radius 2 is 1.77 bits per heavy atom. The number of hydrogen-bond acceptors (Lipinski definition) is 7. The maximum atomic E-state index is 13.1. The molecule has 1 heterocycles. The van der Waals surface area contributed by atoms with E-state index in [-0.39, 0.29) is 17.7 Å². The molecule has 0 bridgehead atoms. The standard InChI is InChI=1S/C23H23F3N2O5S2/c1-22(2,3)32-21(29)18(11-14-7-9-17(10-8-14)33-35(27,30)31)20-28-19(13-34-20)15-5-4-6-16(12-15)23(24,25)26/h4-10,12-13,18H,11H2,1-3H3,(H2,27,30,31). The van der Waals surface area contributed by atoms with E-state index in [1.165, 1.54) is 24.3 Å². The molecule has 0 fully saturated rings. The minimum atomic E-state index is -4.49. The minimum absolute atomic E-state index is 0.00569. The summed E-state index contributed by atoms with van der Waals surface area (Å²) in [5.74, 6) is -1.39. The molecular weight excluding hydrogens is 505 g/mol. The van der Waals surface area contributed by atoms with Crippen molar-refractivity contribution in [3.05, 3.63) is 70.0 Å². The summed E-state index contributed by atoms with van der Waals surface area (Å²) < 4.78 is 71.7. The Kier molecular flexibility index (Phi) is 7.58. The van der Waals surface area contributed by atoms with Gasteiger partial charge in [-0.05, 0) is 57.0 Å². The van der Waals surface area contributed by atoms with E-state index in [0.29, 0.717) is 16.3 Å². The van der Waals surface area contributed by atoms with Gasteiger partial charge in [0.1, 0.15) is 22.3 Å². The summed E-state index contributed by atoms with van der Waals surface area (Å²) in [7, 11) is -4.18. The third-order valence-corrected chi connectivity index (χ3v) is 5.96. The third-order valence-electron chi connectivity index (χ3n) is 4.57. The van der Waals surface area contributed by atoms with Gasteiger partial charge in [0.2, 0.25) is 0 Å². The summed E-state index contributed by atoms with van der Waals surface area (Å²) in [5.41, 5.74) is -0.339. The monoisotopic (exact) mass is 528 g/mol. The van der Waals surface area contributed by atoms with Crippen molar-refractivity contribution in [2.45, 2.75) is 44.9 Å². The van der Waals surface area contributed by atoms with Crippen LogP contribution in [-0.2, 0) is 32.4 Å². The van der Waals surface area contributed by atoms with Crippen LogP contribution in [0.3, 0.4) is 0 Å². The van der Waals surface area contributed by atoms with E-state index in [2.05, 4.69) is 9.17 Å². The van der Waals surface area contributed by atoms with Crippen molar-refractivity contribution in [1.82, 2.24) is 4.98 Å². The summed E-state index contributed by atoms with van der Waals surface area (Å²) in [4.78, 5) is 17.5. The van der Waals surface area contributed by atoms with Crippen LogP contribution < -0.4 is 9.32 Å². The second-order valence-electron chi connectivity index (χ2n) is 8.66. The van der Waals surface area contributed by atoms with Crippen molar-refractivity contribution >= 4 is 27.6 Å². The van der Waals surface area contributed by atoms with Gasteiger partial charge in [-0.25, -0.2) is 4.98 Å². The minimum Gasteiger partial charge on any atom is -0.459 e. The molecule has 0 aliphatic rings. The van der Waals surface area contributed by atoms with Gasteiger partial charge < -0.3 is 8.92 Å². The second-order valence-corrected chi connectivity index (χ2v) is 10.7. The predicted molar refractivity (Wildman–Crippen MR) is 125 cm³/mol. The molecule has 35 heavy (non-hydrogen) atoms. The number of esters is 1. The van der Waals surface area contributed by atoms with Gasteiger partial charge in [0.15, 0.2) is 0 Å². The normalized spacial score (nSPS) is 13.3. The molecule has 1 atom stereocenters. The highest BCUT2D eigenvalue weighted by atomic mass is 32.2. The van der Waals surface area contributed by atoms with E-state index in [4.69, 9.17) is 9.88 Å². The first kappa shape index (κ1) is 26.6. The number of alkyl halides is 3. The molecule has 0 saturated carbocycles. The van der Waals surface area contributed by atoms with Gasteiger partial charge in [0.25, 0.3) is 0 Å². The fourth-order valence-electron chi connectivity index (χ4n) is 3.13. The fourth-order valence-corrected chi connectivity index (χ4v) is 4.43. The lowest BCUT2D eigenvalue weighted by Crippen LogP contribution is -2.28. The number of ether oxygens (including phenoxy) is 1. The van der Waals surface area contributed by atoms with E-state index in [1.54, 1.807) is 38.3 Å². The van der Waals surface area contributed by atoms with Crippen LogP contribution in [0, 0.1) is 0 Å². The molecule has 0 aliphatic heterocycles. The Bertz CT molecular complexity index is 1300. The van der Waals surface area contributed by atoms with E-state index < -0.39 is 39.5 Å². The topological polar surface area (TPSA) is 109 Å². The number of thiazole rings is 1. The van der Waals surface area contributed by atoms with Crippen molar-refractivity contribution < 1.29 is 35.3 Å². The van der Waals surface area contributed by atoms with E-state index in [0.717, 1.165) is 23.5 Å². The van der Waals surface area contributed by atoms with Crippen molar-refractivity contribution in [2.75, 3.05) is 0 Å². The SMILES string of the molecule is CC(C)(C)OC(=O)C(Cc1ccc(OS(N)(=O)=O)cc1)c1nc(-c2cccc(C(F)(F)F)c2)cs1. The lowest BCUT2D eigenvalue weighted by Gasteiger charge is -2.23. The first-order valence-electron chi connectivity index (χ1n) is 10.3. The van der Waals surface area contributed by atoms with Crippen LogP contribution >= 0.6 is 11.3 Å². The van der Waals surface area contributed by atoms with Crippen LogP contribution in [0.5, 0.6) is 5.75 Å². The van der Waals surface area contributed by atoms with E-state index in [9.17, 15) is 26.4 Å². The molecule has 188 valence electrons. The van der Waals surface area contributed by atoms with Crippen LogP contribution in [-0.4, -0.2) is 25.0 Å². The van der Waals surface area contributed by atoms with Gasteiger partial charge in [-0.1, -0.05) is 24.3 Å². The summed E-state index contributed by atoms with van der Waals surface area (Å²) in [5, 5.41) is 6.82. The van der Waals surface area contributed by atoms with Crippen LogP contribution in [0.25, 0.3) is 11.3 Å². The predicted octanol–water partition coefficient (Wildman–Crippen LogP) is 5.08. The average molecular weight is 529 g/mol. The number of aromatic nitrogens is 1. The van der Waals surface area contributed by atoms with Crippen molar-refractivity contribution in [1.29, 1.82) is 0 Å². The molecule has 0 aliphatic carbocycles. The van der Waals surface area contributed by atoms with Crippen LogP contribution in [0.15, 0.2) is 53.9 Å². The summed E-state index contributed by atoms with van der Waals surface area (Å²) in [6.07, 6.45) is -4.34. The Hall–Kier alpha value is -2.96. The van der Waals surface area contributed by atoms with E-state index >= 15 is 0 Å². The Morgan fingerprint density at radius 1 is 1.11 bits per heavy atom. The van der Waals surface area contributed by atoms with Gasteiger partial charge in [-0.15, -0.1) is 11.3 Å². The lowest BCUT2D eigenvalue weighted by atomic mass is 9.99. The maximum Gasteiger partial charge on any atom is 0.416 e. The molecule has 0 spiro atoms. The molecule has 12 heteroatoms. The van der Waals surface area contributed by atoms with Gasteiger partial charge in [-0.3, -0.25) is 4.79 Å². The highest BCUT2D eigenvalue weighted by molar-refractivity contribution is 7.84. The molecular formula is C23H23F3N2O5S2. The third kappa shape index (κ3) is 7.77. The average Bonchev–Trinajstić information content (AvgIpc) is 3.20. The number of nitrogens with two attached hydrogens (primary N) is 1. The zero-order chi connectivity index (χ0) is 26.0. The summed E-state index contributed by atoms with van der Waals surface area (Å²) in [6.45, 7) is 5.16. The smallest absolute Gasteiger partial charge is 0.416 e. The molecule has 3 rings (SSSR count). The maximum absolute atomic E-state index is 13.1. The molecule has 7 nitrogen and oxygen atoms in total. The Balaban J connectivity index is 1.91. The fraction of sp³-hybridized carbons (Fsp3) is 0.304. The lowest BCUT2D eigenvalue weighted by molar-refractivity contribution is -0.156. The Morgan fingerprint density at radius 3 is 2.34 bits per heavy atom. The second kappa shape index (κ2) is 9.96. The molecule has 1 aromatic heterocycles. The number of carbonyl (C=O) groups is 1. The number of nitrogens with zero attached hydrogens (tertiary/aromatic N) is 1. The molecule has 3 aromatic rings. The quantitative estimate of drug-likeness (QED) is 0.429. The van der Waals surface area contributed by atoms with Crippen molar-refractivity contribution in [3.63, 3.8) is 0 Å². The zero-order valence-corrected chi connectivity index (χ0v) is 20.6. The molecule has 2 N–H and O–H groups in total. The zero-order valence-electron chi connectivity index (χ0n) is 19.0. The molecule has 1 unspecified atom stereocenters. The van der Waals surface area contributed by atoms with E-state index in [1.807, 2.05) is 0 Å². The molecule has 0 radical (unpaired) electrons. The number of carbonyl (C=O) groups excluding carboxylic acids is 1. The molecule has 0 amide bonds. The van der Waals surface area contributed by atoms with Crippen LogP contribution in [0.1, 0.15) is 42.8 Å². The highest BCUT2D eigenvalue weighted by Crippen LogP contribution is 2.34. The number of halogens is 3. The number of rotatable bonds is 7. The first-order valence-corrected chi connectivity index (χ1v) is 12.6. The van der Waals surface area contributed by atoms with Gasteiger partial charge >= 0.3 is 22.4 Å². The van der Waals surface area contributed by atoms with Gasteiger partial charge in [0.05, 0.1) is 11.3 Å². The largest absolute Gasteiger partial charge is 0.459 e. The molecule has 2 aromatic carbocycles. The Labute approximate surface area is 205 Å². The van der Waals surface area contributed by atoms with Crippen molar-refractivity contribution in [3.8, 4) is 17.0 Å². The highest BCUT2D eigenvalue weighted by Gasteiger charge is 2.32.